The third-order valence-corrected chi connectivity index (χ3v) is 2.90. The van der Waals surface area contributed by atoms with E-state index >= 15 is 0 Å². The standard InChI is InChI=1S/C11H12ClNO3/c12-8-1-2-9(11(13)5-16-6-11)7(3-8)4-10(14)15/h1-3H,4-6,13H2,(H,14,15). The van der Waals surface area contributed by atoms with Crippen LogP contribution in [0.15, 0.2) is 18.2 Å². The van der Waals surface area contributed by atoms with Crippen molar-refractivity contribution >= 4 is 17.6 Å². The summed E-state index contributed by atoms with van der Waals surface area (Å²) in [7, 11) is 0. The van der Waals surface area contributed by atoms with Crippen molar-refractivity contribution in [2.24, 2.45) is 5.73 Å². The van der Waals surface area contributed by atoms with Crippen LogP contribution in [0, 0.1) is 0 Å². The summed E-state index contributed by atoms with van der Waals surface area (Å²) in [6.07, 6.45) is -0.0746. The van der Waals surface area contributed by atoms with Crippen molar-refractivity contribution in [2.75, 3.05) is 13.2 Å². The van der Waals surface area contributed by atoms with Crippen LogP contribution in [0.3, 0.4) is 0 Å². The van der Waals surface area contributed by atoms with Crippen LogP contribution in [0.5, 0.6) is 0 Å². The van der Waals surface area contributed by atoms with E-state index in [2.05, 4.69) is 0 Å². The molecule has 0 atom stereocenters. The van der Waals surface area contributed by atoms with Crippen LogP contribution in [0.1, 0.15) is 11.1 Å². The highest BCUT2D eigenvalue weighted by atomic mass is 35.5. The second-order valence-electron chi connectivity index (χ2n) is 4.02. The minimum absolute atomic E-state index is 0.0746. The number of nitrogens with two attached hydrogens (primary N) is 1. The van der Waals surface area contributed by atoms with Gasteiger partial charge in [0.25, 0.3) is 0 Å². The quantitative estimate of drug-likeness (QED) is 0.833. The van der Waals surface area contributed by atoms with Gasteiger partial charge in [-0.1, -0.05) is 17.7 Å². The molecule has 0 spiro atoms. The smallest absolute Gasteiger partial charge is 0.307 e. The molecular weight excluding hydrogens is 230 g/mol. The lowest BCUT2D eigenvalue weighted by molar-refractivity contribution is -0.136. The molecule has 1 aromatic rings. The molecule has 4 nitrogen and oxygen atoms in total. The first-order chi connectivity index (χ1) is 7.51. The highest BCUT2D eigenvalue weighted by molar-refractivity contribution is 6.30. The maximum atomic E-state index is 10.8. The molecule has 0 bridgehead atoms. The number of carbonyl (C=O) groups is 1. The van der Waals surface area contributed by atoms with Crippen LogP contribution in [-0.2, 0) is 21.5 Å². The lowest BCUT2D eigenvalue weighted by Gasteiger charge is -2.39. The average Bonchev–Trinajstić information content (AvgIpc) is 2.13. The predicted molar refractivity (Wildman–Crippen MR) is 59.5 cm³/mol. The molecule has 0 amide bonds. The third kappa shape index (κ3) is 2.04. The van der Waals surface area contributed by atoms with Crippen molar-refractivity contribution in [3.05, 3.63) is 34.3 Å². The van der Waals surface area contributed by atoms with Crippen molar-refractivity contribution in [3.8, 4) is 0 Å². The molecule has 16 heavy (non-hydrogen) atoms. The summed E-state index contributed by atoms with van der Waals surface area (Å²) in [6, 6.07) is 5.15. The molecule has 0 saturated carbocycles. The molecule has 1 heterocycles. The van der Waals surface area contributed by atoms with E-state index < -0.39 is 11.5 Å². The Balaban J connectivity index is 2.39. The number of rotatable bonds is 3. The summed E-state index contributed by atoms with van der Waals surface area (Å²) in [4.78, 5) is 10.8. The van der Waals surface area contributed by atoms with E-state index in [0.717, 1.165) is 5.56 Å². The first-order valence-corrected chi connectivity index (χ1v) is 5.26. The molecule has 1 saturated heterocycles. The molecule has 0 aliphatic carbocycles. The van der Waals surface area contributed by atoms with Crippen LogP contribution in [0.2, 0.25) is 5.02 Å². The Bertz CT molecular complexity index is 429. The molecule has 1 aromatic carbocycles. The number of hydrogen-bond acceptors (Lipinski definition) is 3. The number of carboxylic acid groups (broad SMARTS) is 1. The Morgan fingerprint density at radius 2 is 2.25 bits per heavy atom. The zero-order valence-corrected chi connectivity index (χ0v) is 9.33. The summed E-state index contributed by atoms with van der Waals surface area (Å²) in [5.41, 5.74) is 7.00. The number of halogens is 1. The van der Waals surface area contributed by atoms with E-state index in [0.29, 0.717) is 23.8 Å². The van der Waals surface area contributed by atoms with E-state index in [1.54, 1.807) is 18.2 Å². The fourth-order valence-corrected chi connectivity index (χ4v) is 2.03. The molecule has 0 aromatic heterocycles. The van der Waals surface area contributed by atoms with E-state index in [-0.39, 0.29) is 6.42 Å². The fraction of sp³-hybridized carbons (Fsp3) is 0.364. The van der Waals surface area contributed by atoms with Gasteiger partial charge in [0.1, 0.15) is 0 Å². The zero-order valence-electron chi connectivity index (χ0n) is 8.57. The average molecular weight is 242 g/mol. The van der Waals surface area contributed by atoms with Crippen molar-refractivity contribution < 1.29 is 14.6 Å². The van der Waals surface area contributed by atoms with E-state index in [9.17, 15) is 4.79 Å². The second-order valence-corrected chi connectivity index (χ2v) is 4.46. The maximum Gasteiger partial charge on any atom is 0.307 e. The normalized spacial score (nSPS) is 17.9. The van der Waals surface area contributed by atoms with Gasteiger partial charge in [0.15, 0.2) is 0 Å². The largest absolute Gasteiger partial charge is 0.481 e. The molecular formula is C11H12ClNO3. The molecule has 5 heteroatoms. The minimum atomic E-state index is -0.896. The monoisotopic (exact) mass is 241 g/mol. The van der Waals surface area contributed by atoms with Crippen LogP contribution in [0.4, 0.5) is 0 Å². The van der Waals surface area contributed by atoms with Gasteiger partial charge < -0.3 is 15.6 Å². The van der Waals surface area contributed by atoms with Crippen molar-refractivity contribution in [2.45, 2.75) is 12.0 Å². The summed E-state index contributed by atoms with van der Waals surface area (Å²) in [5.74, 6) is -0.896. The van der Waals surface area contributed by atoms with Gasteiger partial charge >= 0.3 is 5.97 Å². The zero-order chi connectivity index (χ0) is 11.8. The molecule has 0 unspecified atom stereocenters. The first-order valence-electron chi connectivity index (χ1n) is 4.88. The summed E-state index contributed by atoms with van der Waals surface area (Å²) in [5, 5.41) is 9.34. The Labute approximate surface area is 98.0 Å². The Morgan fingerprint density at radius 1 is 1.56 bits per heavy atom. The van der Waals surface area contributed by atoms with Crippen LogP contribution in [-0.4, -0.2) is 24.3 Å². The number of aliphatic carboxylic acids is 1. The van der Waals surface area contributed by atoms with Crippen LogP contribution in [0.25, 0.3) is 0 Å². The molecule has 3 N–H and O–H groups in total. The highest BCUT2D eigenvalue weighted by Crippen LogP contribution is 2.31. The van der Waals surface area contributed by atoms with Gasteiger partial charge in [-0.15, -0.1) is 0 Å². The van der Waals surface area contributed by atoms with Gasteiger partial charge in [-0.25, -0.2) is 0 Å². The molecule has 86 valence electrons. The van der Waals surface area contributed by atoms with Crippen molar-refractivity contribution in [1.82, 2.24) is 0 Å². The summed E-state index contributed by atoms with van der Waals surface area (Å²) < 4.78 is 5.08. The SMILES string of the molecule is NC1(c2ccc(Cl)cc2CC(=O)O)COC1. The van der Waals surface area contributed by atoms with Crippen molar-refractivity contribution in [1.29, 1.82) is 0 Å². The summed E-state index contributed by atoms with van der Waals surface area (Å²) in [6.45, 7) is 0.836. The van der Waals surface area contributed by atoms with Gasteiger partial charge in [-0.3, -0.25) is 4.79 Å². The van der Waals surface area contributed by atoms with E-state index in [4.69, 9.17) is 27.2 Å². The number of carboxylic acids is 1. The molecule has 2 rings (SSSR count). The molecule has 1 aliphatic heterocycles. The fourth-order valence-electron chi connectivity index (χ4n) is 1.83. The van der Waals surface area contributed by atoms with Crippen molar-refractivity contribution in [3.63, 3.8) is 0 Å². The molecule has 1 aliphatic rings. The number of ether oxygens (including phenoxy) is 1. The second kappa shape index (κ2) is 4.05. The van der Waals surface area contributed by atoms with Gasteiger partial charge in [0, 0.05) is 5.02 Å². The number of benzene rings is 1. The topological polar surface area (TPSA) is 72.6 Å². The molecule has 1 fully saturated rings. The first kappa shape index (κ1) is 11.4. The Hall–Kier alpha value is -1.10. The van der Waals surface area contributed by atoms with Gasteiger partial charge in [0.2, 0.25) is 0 Å². The van der Waals surface area contributed by atoms with E-state index in [1.165, 1.54) is 0 Å². The Kier molecular flexibility index (Phi) is 2.88. The van der Waals surface area contributed by atoms with E-state index in [1.807, 2.05) is 0 Å². The number of hydrogen-bond donors (Lipinski definition) is 2. The van der Waals surface area contributed by atoms with Crippen LogP contribution >= 0.6 is 11.6 Å². The van der Waals surface area contributed by atoms with Crippen LogP contribution < -0.4 is 5.73 Å². The van der Waals surface area contributed by atoms with Gasteiger partial charge in [-0.05, 0) is 23.3 Å². The van der Waals surface area contributed by atoms with Gasteiger partial charge in [0.05, 0.1) is 25.2 Å². The minimum Gasteiger partial charge on any atom is -0.481 e. The Morgan fingerprint density at radius 3 is 2.75 bits per heavy atom. The lowest BCUT2D eigenvalue weighted by atomic mass is 9.85. The predicted octanol–water partition coefficient (Wildman–Crippen LogP) is 1.15. The highest BCUT2D eigenvalue weighted by Gasteiger charge is 2.37. The third-order valence-electron chi connectivity index (χ3n) is 2.66. The summed E-state index contributed by atoms with van der Waals surface area (Å²) >= 11 is 5.85. The molecule has 0 radical (unpaired) electrons. The maximum absolute atomic E-state index is 10.8. The lowest BCUT2D eigenvalue weighted by Crippen LogP contribution is -2.54. The van der Waals surface area contributed by atoms with Gasteiger partial charge in [-0.2, -0.15) is 0 Å².